The van der Waals surface area contributed by atoms with E-state index in [-0.39, 0.29) is 5.91 Å². The second kappa shape index (κ2) is 11.0. The number of pyridine rings is 1. The zero-order chi connectivity index (χ0) is 24.6. The highest BCUT2D eigenvalue weighted by Gasteiger charge is 2.11. The monoisotopic (exact) mass is 472 g/mol. The van der Waals surface area contributed by atoms with E-state index in [1.807, 2.05) is 103 Å². The molecule has 0 aliphatic rings. The molecule has 0 spiro atoms. The minimum absolute atomic E-state index is 0.238. The van der Waals surface area contributed by atoms with E-state index >= 15 is 0 Å². The van der Waals surface area contributed by atoms with Crippen molar-refractivity contribution >= 4 is 17.7 Å². The van der Waals surface area contributed by atoms with E-state index in [0.717, 1.165) is 33.8 Å². The fraction of sp³-hybridized carbons (Fsp3) is 0.0333. The smallest absolute Gasteiger partial charge is 0.248 e. The zero-order valence-corrected chi connectivity index (χ0v) is 19.5. The van der Waals surface area contributed by atoms with Gasteiger partial charge in [-0.05, 0) is 60.2 Å². The van der Waals surface area contributed by atoms with E-state index in [4.69, 9.17) is 9.84 Å². The summed E-state index contributed by atoms with van der Waals surface area (Å²) in [5, 5.41) is 7.63. The summed E-state index contributed by atoms with van der Waals surface area (Å²) in [4.78, 5) is 16.8. The van der Waals surface area contributed by atoms with Crippen LogP contribution < -0.4 is 10.1 Å². The van der Waals surface area contributed by atoms with Crippen LogP contribution >= 0.6 is 0 Å². The number of hydrogen-bond acceptors (Lipinski definition) is 4. The van der Waals surface area contributed by atoms with Crippen LogP contribution in [0, 0.1) is 0 Å². The van der Waals surface area contributed by atoms with Gasteiger partial charge in [0.1, 0.15) is 18.1 Å². The Balaban J connectivity index is 1.27. The highest BCUT2D eigenvalue weighted by molar-refractivity contribution is 6.02. The van der Waals surface area contributed by atoms with E-state index in [0.29, 0.717) is 12.3 Å². The molecule has 2 heterocycles. The maximum absolute atomic E-state index is 12.6. The zero-order valence-electron chi connectivity index (χ0n) is 19.5. The molecule has 0 unspecified atom stereocenters. The quantitative estimate of drug-likeness (QED) is 0.274. The molecule has 0 aliphatic carbocycles. The molecule has 0 radical (unpaired) electrons. The van der Waals surface area contributed by atoms with Gasteiger partial charge in [-0.1, -0.05) is 48.5 Å². The first-order valence-electron chi connectivity index (χ1n) is 11.6. The number of carbonyl (C=O) groups is 1. The Labute approximate surface area is 209 Å². The van der Waals surface area contributed by atoms with Gasteiger partial charge in [0.15, 0.2) is 0 Å². The molecule has 2 aromatic heterocycles. The number of ether oxygens (including phenoxy) is 1. The molecular formula is C30H24N4O2. The molecule has 6 nitrogen and oxygen atoms in total. The maximum atomic E-state index is 12.6. The molecule has 5 rings (SSSR count). The van der Waals surface area contributed by atoms with E-state index in [2.05, 4.69) is 10.3 Å². The minimum atomic E-state index is -0.238. The molecule has 6 heteroatoms. The van der Waals surface area contributed by atoms with Crippen LogP contribution in [-0.2, 0) is 11.4 Å². The second-order valence-corrected chi connectivity index (χ2v) is 8.08. The van der Waals surface area contributed by atoms with Gasteiger partial charge >= 0.3 is 0 Å². The molecule has 0 fully saturated rings. The summed E-state index contributed by atoms with van der Waals surface area (Å²) in [5.41, 5.74) is 5.15. The molecule has 3 aromatic carbocycles. The third-order valence-corrected chi connectivity index (χ3v) is 5.48. The van der Waals surface area contributed by atoms with E-state index in [1.54, 1.807) is 23.2 Å². The van der Waals surface area contributed by atoms with Gasteiger partial charge < -0.3 is 10.1 Å². The van der Waals surface area contributed by atoms with Crippen LogP contribution in [0.2, 0.25) is 0 Å². The van der Waals surface area contributed by atoms with Crippen molar-refractivity contribution in [2.75, 3.05) is 5.32 Å². The van der Waals surface area contributed by atoms with Crippen molar-refractivity contribution in [1.29, 1.82) is 0 Å². The summed E-state index contributed by atoms with van der Waals surface area (Å²) in [6, 6.07) is 31.0. The van der Waals surface area contributed by atoms with Crippen molar-refractivity contribution in [1.82, 2.24) is 14.8 Å². The average Bonchev–Trinajstić information content (AvgIpc) is 3.37. The van der Waals surface area contributed by atoms with Crippen LogP contribution in [0.15, 0.2) is 122 Å². The van der Waals surface area contributed by atoms with Crippen molar-refractivity contribution in [3.63, 3.8) is 0 Å². The number of anilines is 1. The highest BCUT2D eigenvalue weighted by atomic mass is 16.5. The molecule has 1 amide bonds. The van der Waals surface area contributed by atoms with Crippen molar-refractivity contribution in [2.24, 2.45) is 0 Å². The number of para-hydroxylation sites is 1. The Bertz CT molecular complexity index is 1450. The lowest BCUT2D eigenvalue weighted by atomic mass is 10.1. The molecule has 176 valence electrons. The van der Waals surface area contributed by atoms with Gasteiger partial charge in [0.25, 0.3) is 0 Å². The molecule has 0 aliphatic heterocycles. The van der Waals surface area contributed by atoms with Gasteiger partial charge in [0.2, 0.25) is 5.91 Å². The fourth-order valence-corrected chi connectivity index (χ4v) is 3.67. The lowest BCUT2D eigenvalue weighted by Crippen LogP contribution is -2.07. The third kappa shape index (κ3) is 5.74. The van der Waals surface area contributed by atoms with Crippen LogP contribution in [0.1, 0.15) is 11.1 Å². The van der Waals surface area contributed by atoms with Gasteiger partial charge in [-0.2, -0.15) is 5.10 Å². The Morgan fingerprint density at radius 1 is 0.889 bits per heavy atom. The standard InChI is InChI=1S/C30H24N4O2/c35-29(32-26-14-16-28(17-15-26)36-22-23-8-3-1-4-9-23)18-13-25-21-34(27-11-5-2-6-12-27)33-30(25)24-10-7-19-31-20-24/h1-21H,22H2,(H,32,35). The first-order chi connectivity index (χ1) is 17.7. The number of rotatable bonds is 8. The lowest BCUT2D eigenvalue weighted by molar-refractivity contribution is -0.111. The van der Waals surface area contributed by atoms with Crippen molar-refractivity contribution in [3.8, 4) is 22.7 Å². The minimum Gasteiger partial charge on any atom is -0.489 e. The predicted octanol–water partition coefficient (Wildman–Crippen LogP) is 6.17. The first-order valence-corrected chi connectivity index (χ1v) is 11.6. The molecule has 5 aromatic rings. The summed E-state index contributed by atoms with van der Waals surface area (Å²) in [7, 11) is 0. The molecule has 0 saturated heterocycles. The second-order valence-electron chi connectivity index (χ2n) is 8.08. The number of benzene rings is 3. The van der Waals surface area contributed by atoms with Crippen LogP contribution in [0.4, 0.5) is 5.69 Å². The van der Waals surface area contributed by atoms with Gasteiger partial charge in [0.05, 0.1) is 5.69 Å². The predicted molar refractivity (Wildman–Crippen MR) is 142 cm³/mol. The summed E-state index contributed by atoms with van der Waals surface area (Å²) in [5.74, 6) is 0.499. The van der Waals surface area contributed by atoms with Crippen molar-refractivity contribution in [3.05, 3.63) is 133 Å². The maximum Gasteiger partial charge on any atom is 0.248 e. The van der Waals surface area contributed by atoms with Crippen LogP contribution in [0.3, 0.4) is 0 Å². The summed E-state index contributed by atoms with van der Waals surface area (Å²) >= 11 is 0. The van der Waals surface area contributed by atoms with Gasteiger partial charge in [-0.15, -0.1) is 0 Å². The largest absolute Gasteiger partial charge is 0.489 e. The van der Waals surface area contributed by atoms with Gasteiger partial charge in [0, 0.05) is 41.5 Å². The highest BCUT2D eigenvalue weighted by Crippen LogP contribution is 2.24. The molecule has 1 N–H and O–H groups in total. The number of carbonyl (C=O) groups excluding carboxylic acids is 1. The normalized spacial score (nSPS) is 10.9. The van der Waals surface area contributed by atoms with E-state index in [1.165, 1.54) is 6.08 Å². The summed E-state index contributed by atoms with van der Waals surface area (Å²) < 4.78 is 7.61. The number of aromatic nitrogens is 3. The third-order valence-electron chi connectivity index (χ3n) is 5.48. The molecule has 0 bridgehead atoms. The van der Waals surface area contributed by atoms with Gasteiger partial charge in [-0.25, -0.2) is 4.68 Å². The summed E-state index contributed by atoms with van der Waals surface area (Å²) in [6.45, 7) is 0.491. The molecule has 0 saturated carbocycles. The number of hydrogen-bond donors (Lipinski definition) is 1. The van der Waals surface area contributed by atoms with Crippen molar-refractivity contribution in [2.45, 2.75) is 6.61 Å². The van der Waals surface area contributed by atoms with Crippen LogP contribution in [0.5, 0.6) is 5.75 Å². The Morgan fingerprint density at radius 3 is 2.36 bits per heavy atom. The molecule has 36 heavy (non-hydrogen) atoms. The molecular weight excluding hydrogens is 448 g/mol. The van der Waals surface area contributed by atoms with E-state index < -0.39 is 0 Å². The number of nitrogens with one attached hydrogen (secondary N) is 1. The Hall–Kier alpha value is -4.97. The molecule has 0 atom stereocenters. The number of nitrogens with zero attached hydrogens (tertiary/aromatic N) is 3. The average molecular weight is 473 g/mol. The van der Waals surface area contributed by atoms with Crippen molar-refractivity contribution < 1.29 is 9.53 Å². The Kier molecular flexibility index (Phi) is 6.95. The number of amides is 1. The first kappa shape index (κ1) is 22.8. The Morgan fingerprint density at radius 2 is 1.64 bits per heavy atom. The SMILES string of the molecule is O=C(C=Cc1cn(-c2ccccc2)nc1-c1cccnc1)Nc1ccc(OCc2ccccc2)cc1. The summed E-state index contributed by atoms with van der Waals surface area (Å²) in [6.07, 6.45) is 8.66. The van der Waals surface area contributed by atoms with E-state index in [9.17, 15) is 4.79 Å². The van der Waals surface area contributed by atoms with Gasteiger partial charge in [-0.3, -0.25) is 9.78 Å². The fourth-order valence-electron chi connectivity index (χ4n) is 3.67. The van der Waals surface area contributed by atoms with Crippen LogP contribution in [0.25, 0.3) is 23.0 Å². The van der Waals surface area contributed by atoms with Crippen LogP contribution in [-0.4, -0.2) is 20.7 Å². The topological polar surface area (TPSA) is 69.0 Å². The lowest BCUT2D eigenvalue weighted by Gasteiger charge is -2.07.